The summed E-state index contributed by atoms with van der Waals surface area (Å²) in [6.45, 7) is 1.96. The van der Waals surface area contributed by atoms with Crippen LogP contribution < -0.4 is 10.2 Å². The van der Waals surface area contributed by atoms with Gasteiger partial charge >= 0.3 is 0 Å². The normalized spacial score (nSPS) is 20.4. The third-order valence-corrected chi connectivity index (χ3v) is 7.07. The van der Waals surface area contributed by atoms with Crippen molar-refractivity contribution >= 4 is 21.6 Å². The van der Waals surface area contributed by atoms with Gasteiger partial charge in [-0.15, -0.1) is 0 Å². The van der Waals surface area contributed by atoms with Crippen LogP contribution in [0.3, 0.4) is 0 Å². The molecule has 0 aliphatic carbocycles. The van der Waals surface area contributed by atoms with Crippen molar-refractivity contribution in [3.8, 4) is 0 Å². The smallest absolute Gasteiger partial charge is 0.255 e. The fourth-order valence-electron chi connectivity index (χ4n) is 3.32. The van der Waals surface area contributed by atoms with Crippen LogP contribution in [0.4, 0.5) is 5.69 Å². The highest BCUT2D eigenvalue weighted by Gasteiger charge is 2.31. The standard InChI is InChI=1S/C20H25N3O3S/c1-22-14-12-18(13-15-22)23(2)27(25,26)19-10-8-17(9-11-19)21-20(24)16-6-4-3-5-7-16/h3-11,18H,12-15H2,1-2H3,(H,21,24)/p+1. The van der Waals surface area contributed by atoms with Crippen LogP contribution in [-0.2, 0) is 10.0 Å². The van der Waals surface area contributed by atoms with Gasteiger partial charge in [-0.2, -0.15) is 4.31 Å². The fourth-order valence-corrected chi connectivity index (χ4v) is 4.74. The Bertz CT molecular complexity index is 874. The maximum atomic E-state index is 12.9. The Labute approximate surface area is 160 Å². The molecule has 1 aliphatic heterocycles. The Morgan fingerprint density at radius 1 is 1.04 bits per heavy atom. The van der Waals surface area contributed by atoms with Gasteiger partial charge in [0.25, 0.3) is 5.91 Å². The van der Waals surface area contributed by atoms with Crippen LogP contribution in [-0.4, -0.2) is 51.9 Å². The monoisotopic (exact) mass is 388 g/mol. The van der Waals surface area contributed by atoms with Crippen LogP contribution >= 0.6 is 0 Å². The van der Waals surface area contributed by atoms with E-state index in [1.54, 1.807) is 55.6 Å². The minimum Gasteiger partial charge on any atom is -0.337 e. The molecule has 27 heavy (non-hydrogen) atoms. The number of quaternary nitrogens is 1. The summed E-state index contributed by atoms with van der Waals surface area (Å²) in [5.74, 6) is -0.225. The summed E-state index contributed by atoms with van der Waals surface area (Å²) in [4.78, 5) is 13.9. The van der Waals surface area contributed by atoms with Crippen LogP contribution in [0.25, 0.3) is 0 Å². The molecule has 144 valence electrons. The minimum atomic E-state index is -3.54. The van der Waals surface area contributed by atoms with Crippen molar-refractivity contribution in [3.05, 3.63) is 60.2 Å². The number of piperidine rings is 1. The average Bonchev–Trinajstić information content (AvgIpc) is 2.69. The van der Waals surface area contributed by atoms with E-state index in [2.05, 4.69) is 12.4 Å². The number of rotatable bonds is 5. The van der Waals surface area contributed by atoms with E-state index < -0.39 is 10.0 Å². The maximum Gasteiger partial charge on any atom is 0.255 e. The topological polar surface area (TPSA) is 70.9 Å². The molecule has 1 amide bonds. The predicted octanol–water partition coefficient (Wildman–Crippen LogP) is 1.24. The summed E-state index contributed by atoms with van der Waals surface area (Å²) >= 11 is 0. The van der Waals surface area contributed by atoms with E-state index >= 15 is 0 Å². The van der Waals surface area contributed by atoms with Gasteiger partial charge in [-0.1, -0.05) is 18.2 Å². The second-order valence-electron chi connectivity index (χ2n) is 7.05. The van der Waals surface area contributed by atoms with Gasteiger partial charge < -0.3 is 10.2 Å². The largest absolute Gasteiger partial charge is 0.337 e. The highest BCUT2D eigenvalue weighted by molar-refractivity contribution is 7.89. The molecule has 1 fully saturated rings. The number of hydrogen-bond acceptors (Lipinski definition) is 3. The van der Waals surface area contributed by atoms with Crippen molar-refractivity contribution in [2.24, 2.45) is 0 Å². The van der Waals surface area contributed by atoms with Gasteiger partial charge in [0.15, 0.2) is 0 Å². The van der Waals surface area contributed by atoms with Gasteiger partial charge in [-0.3, -0.25) is 4.79 Å². The molecule has 0 unspecified atom stereocenters. The van der Waals surface area contributed by atoms with E-state index in [0.717, 1.165) is 25.9 Å². The summed E-state index contributed by atoms with van der Waals surface area (Å²) in [6.07, 6.45) is 1.74. The van der Waals surface area contributed by atoms with Crippen molar-refractivity contribution in [2.45, 2.75) is 23.8 Å². The molecular formula is C20H26N3O3S+. The van der Waals surface area contributed by atoms with Gasteiger partial charge in [0, 0.05) is 37.2 Å². The van der Waals surface area contributed by atoms with Gasteiger partial charge in [0.2, 0.25) is 10.0 Å². The number of anilines is 1. The van der Waals surface area contributed by atoms with Gasteiger partial charge in [0.1, 0.15) is 0 Å². The van der Waals surface area contributed by atoms with E-state index in [1.165, 1.54) is 9.21 Å². The summed E-state index contributed by atoms with van der Waals surface area (Å²) in [5, 5.41) is 2.78. The zero-order chi connectivity index (χ0) is 19.4. The molecule has 0 bridgehead atoms. The third-order valence-electron chi connectivity index (χ3n) is 5.15. The fraction of sp³-hybridized carbons (Fsp3) is 0.350. The number of hydrogen-bond donors (Lipinski definition) is 2. The number of sulfonamides is 1. The minimum absolute atomic E-state index is 0.0381. The highest BCUT2D eigenvalue weighted by Crippen LogP contribution is 2.22. The molecular weight excluding hydrogens is 362 g/mol. The first kappa shape index (κ1) is 19.5. The molecule has 0 radical (unpaired) electrons. The van der Waals surface area contributed by atoms with Crippen molar-refractivity contribution in [3.63, 3.8) is 0 Å². The van der Waals surface area contributed by atoms with Gasteiger partial charge in [-0.25, -0.2) is 8.42 Å². The summed E-state index contributed by atoms with van der Waals surface area (Å²) in [7, 11) is 0.248. The molecule has 2 aromatic rings. The molecule has 0 saturated carbocycles. The molecule has 1 heterocycles. The van der Waals surface area contributed by atoms with Crippen molar-refractivity contribution in [2.75, 3.05) is 32.5 Å². The lowest BCUT2D eigenvalue weighted by molar-refractivity contribution is -0.885. The number of likely N-dealkylation sites (tertiary alicyclic amines) is 1. The van der Waals surface area contributed by atoms with E-state index in [4.69, 9.17) is 0 Å². The van der Waals surface area contributed by atoms with E-state index in [-0.39, 0.29) is 16.8 Å². The molecule has 1 aliphatic rings. The van der Waals surface area contributed by atoms with Crippen molar-refractivity contribution < 1.29 is 18.1 Å². The number of carbonyl (C=O) groups excluding carboxylic acids is 1. The van der Waals surface area contributed by atoms with Gasteiger partial charge in [-0.05, 0) is 36.4 Å². The first-order valence-corrected chi connectivity index (χ1v) is 10.6. The predicted molar refractivity (Wildman–Crippen MR) is 105 cm³/mol. The Morgan fingerprint density at radius 3 is 2.22 bits per heavy atom. The molecule has 7 heteroatoms. The highest BCUT2D eigenvalue weighted by atomic mass is 32.2. The first-order chi connectivity index (χ1) is 12.9. The van der Waals surface area contributed by atoms with E-state index in [9.17, 15) is 13.2 Å². The maximum absolute atomic E-state index is 12.9. The lowest BCUT2D eigenvalue weighted by atomic mass is 10.1. The number of nitrogens with one attached hydrogen (secondary N) is 2. The number of amides is 1. The molecule has 2 aromatic carbocycles. The second-order valence-corrected chi connectivity index (χ2v) is 9.05. The quantitative estimate of drug-likeness (QED) is 0.810. The number of carbonyl (C=O) groups is 1. The lowest BCUT2D eigenvalue weighted by Gasteiger charge is -2.32. The molecule has 3 rings (SSSR count). The van der Waals surface area contributed by atoms with Crippen molar-refractivity contribution in [1.82, 2.24) is 4.31 Å². The molecule has 1 saturated heterocycles. The van der Waals surface area contributed by atoms with Crippen LogP contribution in [0.15, 0.2) is 59.5 Å². The third kappa shape index (κ3) is 4.55. The molecule has 2 N–H and O–H groups in total. The lowest BCUT2D eigenvalue weighted by Crippen LogP contribution is -3.10. The Hall–Kier alpha value is -2.22. The molecule has 0 aromatic heterocycles. The van der Waals surface area contributed by atoms with Crippen LogP contribution in [0, 0.1) is 0 Å². The van der Waals surface area contributed by atoms with Crippen LogP contribution in [0.2, 0.25) is 0 Å². The van der Waals surface area contributed by atoms with Crippen molar-refractivity contribution in [1.29, 1.82) is 0 Å². The number of benzene rings is 2. The SMILES string of the molecule is CN(C1CC[NH+](C)CC1)S(=O)(=O)c1ccc(NC(=O)c2ccccc2)cc1. The Kier molecular flexibility index (Phi) is 5.94. The molecule has 0 spiro atoms. The van der Waals surface area contributed by atoms with Crippen LogP contribution in [0.5, 0.6) is 0 Å². The van der Waals surface area contributed by atoms with Gasteiger partial charge in [0.05, 0.1) is 25.0 Å². The zero-order valence-electron chi connectivity index (χ0n) is 15.7. The second kappa shape index (κ2) is 8.21. The first-order valence-electron chi connectivity index (χ1n) is 9.14. The van der Waals surface area contributed by atoms with E-state index in [1.807, 2.05) is 6.07 Å². The average molecular weight is 389 g/mol. The molecule has 0 atom stereocenters. The van der Waals surface area contributed by atoms with E-state index in [0.29, 0.717) is 11.3 Å². The summed E-state index contributed by atoms with van der Waals surface area (Å²) in [6, 6.07) is 15.3. The molecule has 6 nitrogen and oxygen atoms in total. The summed E-state index contributed by atoms with van der Waals surface area (Å²) in [5.41, 5.74) is 1.12. The number of nitrogens with zero attached hydrogens (tertiary/aromatic N) is 1. The van der Waals surface area contributed by atoms with Crippen LogP contribution in [0.1, 0.15) is 23.2 Å². The summed E-state index contributed by atoms with van der Waals surface area (Å²) < 4.78 is 27.3. The Morgan fingerprint density at radius 2 is 1.63 bits per heavy atom. The zero-order valence-corrected chi connectivity index (χ0v) is 16.5. The Balaban J connectivity index is 1.69.